The van der Waals surface area contributed by atoms with E-state index in [-0.39, 0.29) is 0 Å². The summed E-state index contributed by atoms with van der Waals surface area (Å²) in [4.78, 5) is 11.5. The van der Waals surface area contributed by atoms with Gasteiger partial charge in [0.15, 0.2) is 0 Å². The smallest absolute Gasteiger partial charge is 0.225 e. The van der Waals surface area contributed by atoms with E-state index in [1.54, 1.807) is 0 Å². The van der Waals surface area contributed by atoms with E-state index >= 15 is 0 Å². The summed E-state index contributed by atoms with van der Waals surface area (Å²) in [7, 11) is 1.95. The van der Waals surface area contributed by atoms with Gasteiger partial charge in [0.25, 0.3) is 0 Å². The van der Waals surface area contributed by atoms with Crippen molar-refractivity contribution in [2.24, 2.45) is 11.8 Å². The highest BCUT2D eigenvalue weighted by Crippen LogP contribution is 2.25. The molecular formula is C14H24N4. The number of aryl methyl sites for hydroxylation is 1. The van der Waals surface area contributed by atoms with E-state index in [4.69, 9.17) is 0 Å². The lowest BCUT2D eigenvalue weighted by Crippen LogP contribution is -2.39. The van der Waals surface area contributed by atoms with Gasteiger partial charge >= 0.3 is 0 Å². The summed E-state index contributed by atoms with van der Waals surface area (Å²) >= 11 is 0. The zero-order chi connectivity index (χ0) is 13.1. The van der Waals surface area contributed by atoms with Crippen LogP contribution in [0.1, 0.15) is 31.5 Å². The van der Waals surface area contributed by atoms with Crippen molar-refractivity contribution >= 4 is 5.95 Å². The summed E-state index contributed by atoms with van der Waals surface area (Å²) in [5.41, 5.74) is 2.26. The maximum atomic E-state index is 4.65. The lowest BCUT2D eigenvalue weighted by molar-refractivity contribution is 0.321. The van der Waals surface area contributed by atoms with Gasteiger partial charge in [0.05, 0.1) is 0 Å². The van der Waals surface area contributed by atoms with Gasteiger partial charge in [0.1, 0.15) is 0 Å². The molecule has 0 aromatic carbocycles. The molecule has 0 aliphatic carbocycles. The number of hydrogen-bond acceptors (Lipinski definition) is 4. The van der Waals surface area contributed by atoms with Crippen LogP contribution in [-0.4, -0.2) is 30.1 Å². The van der Waals surface area contributed by atoms with Crippen molar-refractivity contribution < 1.29 is 0 Å². The number of piperidine rings is 1. The molecule has 1 aliphatic rings. The zero-order valence-electron chi connectivity index (χ0n) is 11.9. The first kappa shape index (κ1) is 13.3. The van der Waals surface area contributed by atoms with Crippen LogP contribution in [-0.2, 0) is 6.54 Å². The molecule has 2 rings (SSSR count). The lowest BCUT2D eigenvalue weighted by atomic mass is 9.89. The van der Waals surface area contributed by atoms with E-state index in [1.807, 2.05) is 13.2 Å². The fourth-order valence-corrected chi connectivity index (χ4v) is 2.44. The fourth-order valence-electron chi connectivity index (χ4n) is 2.44. The lowest BCUT2D eigenvalue weighted by Gasteiger charge is -2.35. The minimum Gasteiger partial charge on any atom is -0.341 e. The highest BCUT2D eigenvalue weighted by atomic mass is 15.3. The topological polar surface area (TPSA) is 41.1 Å². The third kappa shape index (κ3) is 2.80. The largest absolute Gasteiger partial charge is 0.341 e. The van der Waals surface area contributed by atoms with E-state index in [1.165, 1.54) is 12.0 Å². The van der Waals surface area contributed by atoms with E-state index in [0.29, 0.717) is 0 Å². The molecule has 4 heteroatoms. The van der Waals surface area contributed by atoms with Gasteiger partial charge in [-0.15, -0.1) is 0 Å². The first-order valence-electron chi connectivity index (χ1n) is 6.84. The zero-order valence-corrected chi connectivity index (χ0v) is 11.9. The van der Waals surface area contributed by atoms with Crippen LogP contribution in [0.5, 0.6) is 0 Å². The molecule has 4 nitrogen and oxygen atoms in total. The predicted molar refractivity (Wildman–Crippen MR) is 74.7 cm³/mol. The van der Waals surface area contributed by atoms with Crippen molar-refractivity contribution in [2.75, 3.05) is 25.0 Å². The molecular weight excluding hydrogens is 224 g/mol. The Hall–Kier alpha value is -1.16. The van der Waals surface area contributed by atoms with Crippen LogP contribution in [0.3, 0.4) is 0 Å². The second-order valence-electron chi connectivity index (χ2n) is 5.50. The number of aromatic nitrogens is 2. The predicted octanol–water partition coefficient (Wildman–Crippen LogP) is 1.99. The van der Waals surface area contributed by atoms with Crippen LogP contribution in [0.25, 0.3) is 0 Å². The average molecular weight is 248 g/mol. The van der Waals surface area contributed by atoms with Gasteiger partial charge in [-0.05, 0) is 32.2 Å². The molecule has 1 aliphatic heterocycles. The average Bonchev–Trinajstić information content (AvgIpc) is 2.35. The summed E-state index contributed by atoms with van der Waals surface area (Å²) in [5.74, 6) is 2.43. The molecule has 1 saturated heterocycles. The molecule has 1 aromatic rings. The Morgan fingerprint density at radius 2 is 2.17 bits per heavy atom. The summed E-state index contributed by atoms with van der Waals surface area (Å²) in [6, 6.07) is 0. The molecule has 0 radical (unpaired) electrons. The normalized spacial score (nSPS) is 24.3. The fraction of sp³-hybridized carbons (Fsp3) is 0.714. The molecule has 2 unspecified atom stereocenters. The molecule has 0 bridgehead atoms. The monoisotopic (exact) mass is 248 g/mol. The van der Waals surface area contributed by atoms with Gasteiger partial charge in [-0.2, -0.15) is 0 Å². The highest BCUT2D eigenvalue weighted by Gasteiger charge is 2.24. The molecule has 2 atom stereocenters. The Balaban J connectivity index is 2.12. The quantitative estimate of drug-likeness (QED) is 0.888. The Bertz CT molecular complexity index is 405. The molecule has 1 fully saturated rings. The first-order chi connectivity index (χ1) is 8.61. The second kappa shape index (κ2) is 5.65. The molecule has 1 N–H and O–H groups in total. The third-order valence-electron chi connectivity index (χ3n) is 4.05. The molecule has 100 valence electrons. The highest BCUT2D eigenvalue weighted by molar-refractivity contribution is 5.33. The van der Waals surface area contributed by atoms with E-state index in [2.05, 4.69) is 41.0 Å². The van der Waals surface area contributed by atoms with Gasteiger partial charge in [0, 0.05) is 37.1 Å². The van der Waals surface area contributed by atoms with Crippen LogP contribution in [0.15, 0.2) is 6.20 Å². The van der Waals surface area contributed by atoms with E-state index < -0.39 is 0 Å². The Morgan fingerprint density at radius 1 is 1.39 bits per heavy atom. The summed E-state index contributed by atoms with van der Waals surface area (Å²) in [6.45, 7) is 9.71. The summed E-state index contributed by atoms with van der Waals surface area (Å²) in [5, 5.41) is 3.14. The molecule has 0 amide bonds. The van der Waals surface area contributed by atoms with Gasteiger partial charge in [-0.1, -0.05) is 13.8 Å². The number of nitrogens with one attached hydrogen (secondary N) is 1. The number of rotatable bonds is 3. The van der Waals surface area contributed by atoms with Crippen molar-refractivity contribution in [1.82, 2.24) is 15.3 Å². The summed E-state index contributed by atoms with van der Waals surface area (Å²) < 4.78 is 0. The van der Waals surface area contributed by atoms with Crippen molar-refractivity contribution in [3.63, 3.8) is 0 Å². The van der Waals surface area contributed by atoms with Crippen LogP contribution < -0.4 is 10.2 Å². The summed E-state index contributed by atoms with van der Waals surface area (Å²) in [6.07, 6.45) is 3.19. The molecule has 0 spiro atoms. The van der Waals surface area contributed by atoms with Crippen LogP contribution >= 0.6 is 0 Å². The van der Waals surface area contributed by atoms with Crippen LogP contribution in [0.4, 0.5) is 5.95 Å². The molecule has 0 saturated carbocycles. The molecule has 18 heavy (non-hydrogen) atoms. The number of hydrogen-bond donors (Lipinski definition) is 1. The van der Waals surface area contributed by atoms with Crippen molar-refractivity contribution in [2.45, 2.75) is 33.7 Å². The standard InChI is InChI=1S/C14H24N4/c1-10-5-6-18(9-11(10)2)14-16-8-13(7-15-4)12(3)17-14/h8,10-11,15H,5-7,9H2,1-4H3. The molecule has 2 heterocycles. The minimum absolute atomic E-state index is 0.722. The van der Waals surface area contributed by atoms with Crippen molar-refractivity contribution in [3.8, 4) is 0 Å². The Morgan fingerprint density at radius 3 is 2.78 bits per heavy atom. The first-order valence-corrected chi connectivity index (χ1v) is 6.84. The van der Waals surface area contributed by atoms with Gasteiger partial charge in [-0.3, -0.25) is 0 Å². The Kier molecular flexibility index (Phi) is 4.17. The SMILES string of the molecule is CNCc1cnc(N2CCC(C)C(C)C2)nc1C. The van der Waals surface area contributed by atoms with Gasteiger partial charge < -0.3 is 10.2 Å². The number of nitrogens with zero attached hydrogens (tertiary/aromatic N) is 3. The Labute approximate surface area is 110 Å². The van der Waals surface area contributed by atoms with E-state index in [0.717, 1.165) is 43.1 Å². The van der Waals surface area contributed by atoms with Crippen LogP contribution in [0.2, 0.25) is 0 Å². The third-order valence-corrected chi connectivity index (χ3v) is 4.05. The minimum atomic E-state index is 0.722. The van der Waals surface area contributed by atoms with E-state index in [9.17, 15) is 0 Å². The maximum absolute atomic E-state index is 4.65. The van der Waals surface area contributed by atoms with Gasteiger partial charge in [-0.25, -0.2) is 9.97 Å². The number of anilines is 1. The second-order valence-corrected chi connectivity index (χ2v) is 5.50. The van der Waals surface area contributed by atoms with Crippen molar-refractivity contribution in [1.29, 1.82) is 0 Å². The maximum Gasteiger partial charge on any atom is 0.225 e. The van der Waals surface area contributed by atoms with Crippen LogP contribution in [0, 0.1) is 18.8 Å². The van der Waals surface area contributed by atoms with Crippen molar-refractivity contribution in [3.05, 3.63) is 17.5 Å². The van der Waals surface area contributed by atoms with Gasteiger partial charge in [0.2, 0.25) is 5.95 Å². The molecule has 1 aromatic heterocycles.